The zero-order valence-electron chi connectivity index (χ0n) is 21.9. The molecule has 40 heavy (non-hydrogen) atoms. The Bertz CT molecular complexity index is 1610. The monoisotopic (exact) mass is 531 g/mol. The first-order valence-electron chi connectivity index (χ1n) is 12.3. The van der Waals surface area contributed by atoms with Crippen molar-refractivity contribution >= 4 is 41.1 Å². The van der Waals surface area contributed by atoms with Crippen molar-refractivity contribution in [1.82, 2.24) is 19.1 Å². The van der Waals surface area contributed by atoms with Crippen LogP contribution in [0.4, 0.5) is 11.6 Å². The zero-order chi connectivity index (χ0) is 29.0. The highest BCUT2D eigenvalue weighted by Gasteiger charge is 2.19. The minimum Gasteiger partial charge on any atom is -0.481 e. The largest absolute Gasteiger partial charge is 0.481 e. The SMILES string of the molecule is [B]C([B])([B])c1ccc(Cn2c(Nc3ccc(Oc4ccc(C)nc4)cc3)nc(=O)n(C[C@H](C)C(=O)O)c2=O)cc1. The Hall–Kier alpha value is -4.54. The van der Waals surface area contributed by atoms with Crippen LogP contribution in [0.3, 0.4) is 0 Å². The van der Waals surface area contributed by atoms with Crippen molar-refractivity contribution in [2.24, 2.45) is 5.92 Å². The lowest BCUT2D eigenvalue weighted by atomic mass is 9.40. The summed E-state index contributed by atoms with van der Waals surface area (Å²) in [4.78, 5) is 45.9. The lowest BCUT2D eigenvalue weighted by Crippen LogP contribution is -2.44. The topological polar surface area (TPSA) is 128 Å². The molecular formula is C27H24B3N5O5. The van der Waals surface area contributed by atoms with Crippen molar-refractivity contribution in [3.05, 3.63) is 105 Å². The molecule has 2 heterocycles. The van der Waals surface area contributed by atoms with Crippen molar-refractivity contribution < 1.29 is 14.6 Å². The molecule has 0 spiro atoms. The first-order valence-corrected chi connectivity index (χ1v) is 12.3. The molecule has 2 aromatic carbocycles. The number of nitrogens with zero attached hydrogens (tertiary/aromatic N) is 4. The number of aromatic nitrogens is 4. The summed E-state index contributed by atoms with van der Waals surface area (Å²) in [6, 6.07) is 17.1. The highest BCUT2D eigenvalue weighted by Crippen LogP contribution is 2.24. The Morgan fingerprint density at radius 2 is 1.65 bits per heavy atom. The molecule has 0 aliphatic heterocycles. The van der Waals surface area contributed by atoms with E-state index in [-0.39, 0.29) is 19.0 Å². The number of pyridine rings is 1. The van der Waals surface area contributed by atoms with E-state index in [1.165, 1.54) is 11.5 Å². The Labute approximate surface area is 234 Å². The normalized spacial score (nSPS) is 12.1. The number of aliphatic carboxylic acids is 1. The summed E-state index contributed by atoms with van der Waals surface area (Å²) in [5.74, 6) is -1.03. The van der Waals surface area contributed by atoms with Crippen LogP contribution in [-0.4, -0.2) is 53.7 Å². The van der Waals surface area contributed by atoms with Gasteiger partial charge in [-0.2, -0.15) is 4.98 Å². The predicted molar refractivity (Wildman–Crippen MR) is 153 cm³/mol. The Balaban J connectivity index is 1.66. The average Bonchev–Trinajstić information content (AvgIpc) is 2.90. The van der Waals surface area contributed by atoms with Gasteiger partial charge in [0.15, 0.2) is 0 Å². The van der Waals surface area contributed by atoms with Gasteiger partial charge >= 0.3 is 17.3 Å². The summed E-state index contributed by atoms with van der Waals surface area (Å²) in [5.41, 5.74) is 0.930. The molecule has 2 aromatic heterocycles. The van der Waals surface area contributed by atoms with E-state index in [1.807, 2.05) is 13.0 Å². The number of carboxylic acid groups (broad SMARTS) is 1. The van der Waals surface area contributed by atoms with Gasteiger partial charge in [-0.3, -0.25) is 14.3 Å². The fraction of sp³-hybridized carbons (Fsp3) is 0.222. The summed E-state index contributed by atoms with van der Waals surface area (Å²) >= 11 is 0. The quantitative estimate of drug-likeness (QED) is 0.298. The fourth-order valence-electron chi connectivity index (χ4n) is 3.74. The van der Waals surface area contributed by atoms with Gasteiger partial charge in [-0.25, -0.2) is 14.2 Å². The number of nitrogens with one attached hydrogen (secondary N) is 1. The maximum absolute atomic E-state index is 13.4. The molecule has 0 bridgehead atoms. The zero-order valence-corrected chi connectivity index (χ0v) is 21.9. The highest BCUT2D eigenvalue weighted by molar-refractivity contribution is 6.58. The third kappa shape index (κ3) is 6.91. The van der Waals surface area contributed by atoms with Gasteiger partial charge in [0.1, 0.15) is 11.5 Å². The van der Waals surface area contributed by atoms with Crippen LogP contribution in [0.1, 0.15) is 23.7 Å². The third-order valence-electron chi connectivity index (χ3n) is 6.05. The van der Waals surface area contributed by atoms with Crippen LogP contribution in [0, 0.1) is 12.8 Å². The van der Waals surface area contributed by atoms with Crippen LogP contribution in [0.5, 0.6) is 11.5 Å². The van der Waals surface area contributed by atoms with Crippen LogP contribution in [0.2, 0.25) is 0 Å². The number of rotatable bonds is 10. The average molecular weight is 531 g/mol. The lowest BCUT2D eigenvalue weighted by Gasteiger charge is -2.21. The van der Waals surface area contributed by atoms with Crippen LogP contribution in [0.15, 0.2) is 76.4 Å². The maximum Gasteiger partial charge on any atom is 0.354 e. The molecule has 196 valence electrons. The molecule has 13 heteroatoms. The van der Waals surface area contributed by atoms with Gasteiger partial charge in [0.2, 0.25) is 5.95 Å². The second-order valence-electron chi connectivity index (χ2n) is 9.45. The summed E-state index contributed by atoms with van der Waals surface area (Å²) in [7, 11) is 17.2. The molecule has 0 saturated carbocycles. The molecule has 0 amide bonds. The van der Waals surface area contributed by atoms with Gasteiger partial charge in [-0.1, -0.05) is 36.8 Å². The molecule has 0 fully saturated rings. The molecule has 10 nitrogen and oxygen atoms in total. The number of hydrogen-bond donors (Lipinski definition) is 2. The van der Waals surface area contributed by atoms with Crippen molar-refractivity contribution in [2.45, 2.75) is 32.1 Å². The molecule has 0 saturated heterocycles. The summed E-state index contributed by atoms with van der Waals surface area (Å²) in [6.45, 7) is 2.95. The van der Waals surface area contributed by atoms with E-state index in [2.05, 4.69) is 15.3 Å². The molecule has 4 aromatic rings. The number of carbonyl (C=O) groups is 1. The summed E-state index contributed by atoms with van der Waals surface area (Å²) in [5, 5.41) is 10.8. The maximum atomic E-state index is 13.4. The molecule has 1 atom stereocenters. The second kappa shape index (κ2) is 11.7. The van der Waals surface area contributed by atoms with Gasteiger partial charge in [-0.05, 0) is 48.9 Å². The smallest absolute Gasteiger partial charge is 0.354 e. The number of hydrogen-bond acceptors (Lipinski definition) is 7. The van der Waals surface area contributed by atoms with E-state index in [1.54, 1.807) is 60.8 Å². The minimum absolute atomic E-state index is 0.00448. The molecule has 0 aliphatic carbocycles. The van der Waals surface area contributed by atoms with Crippen LogP contribution < -0.4 is 21.4 Å². The number of aryl methyl sites for hydroxylation is 1. The molecule has 0 aliphatic rings. The van der Waals surface area contributed by atoms with E-state index in [9.17, 15) is 19.5 Å². The predicted octanol–water partition coefficient (Wildman–Crippen LogP) is 2.03. The van der Waals surface area contributed by atoms with E-state index in [0.717, 1.165) is 10.3 Å². The van der Waals surface area contributed by atoms with E-state index in [4.69, 9.17) is 28.3 Å². The van der Waals surface area contributed by atoms with Gasteiger partial charge in [0.25, 0.3) is 0 Å². The van der Waals surface area contributed by atoms with Crippen LogP contribution >= 0.6 is 0 Å². The highest BCUT2D eigenvalue weighted by atomic mass is 16.5. The van der Waals surface area contributed by atoms with Gasteiger partial charge in [0.05, 0.1) is 42.2 Å². The number of anilines is 2. The molecule has 2 N–H and O–H groups in total. The van der Waals surface area contributed by atoms with Crippen LogP contribution in [0.25, 0.3) is 0 Å². The standard InChI is InChI=1S/C27H24B3N5O5/c1-16(23(36)37)14-35-25(38)33-24(34(26(35)39)15-18-4-6-19(7-5-18)27(28,29)30)32-20-8-11-21(12-9-20)40-22-10-3-17(2)31-13-22/h3-13,16H,14-15H2,1-2H3,(H,36,37)(H,32,33,38)/t16-/m0/s1. The molecule has 4 rings (SSSR count). The van der Waals surface area contributed by atoms with Gasteiger partial charge in [-0.15, -0.1) is 5.11 Å². The van der Waals surface area contributed by atoms with Crippen molar-refractivity contribution in [3.63, 3.8) is 0 Å². The van der Waals surface area contributed by atoms with Gasteiger partial charge in [0, 0.05) is 17.9 Å². The minimum atomic E-state index is -1.53. The Morgan fingerprint density at radius 1 is 1.00 bits per heavy atom. The number of carboxylic acids is 1. The summed E-state index contributed by atoms with van der Waals surface area (Å²) < 4.78 is 7.84. The number of ether oxygens (including phenoxy) is 1. The first kappa shape index (κ1) is 28.5. The lowest BCUT2D eigenvalue weighted by molar-refractivity contribution is -0.141. The van der Waals surface area contributed by atoms with E-state index >= 15 is 0 Å². The van der Waals surface area contributed by atoms with Crippen molar-refractivity contribution in [3.8, 4) is 11.5 Å². The van der Waals surface area contributed by atoms with E-state index in [0.29, 0.717) is 28.3 Å². The molecule has 6 radical (unpaired) electrons. The fourth-order valence-corrected chi connectivity index (χ4v) is 3.74. The second-order valence-corrected chi connectivity index (χ2v) is 9.45. The molecule has 0 unspecified atom stereocenters. The Morgan fingerprint density at radius 3 is 2.23 bits per heavy atom. The third-order valence-corrected chi connectivity index (χ3v) is 6.05. The van der Waals surface area contributed by atoms with Crippen LogP contribution in [-0.2, 0) is 23.0 Å². The summed E-state index contributed by atoms with van der Waals surface area (Å²) in [6.07, 6.45) is 1.62. The first-order chi connectivity index (χ1) is 18.9. The van der Waals surface area contributed by atoms with Crippen molar-refractivity contribution in [1.29, 1.82) is 0 Å². The Kier molecular flexibility index (Phi) is 8.32. The van der Waals surface area contributed by atoms with Crippen molar-refractivity contribution in [2.75, 3.05) is 5.32 Å². The van der Waals surface area contributed by atoms with E-state index < -0.39 is 28.4 Å². The number of benzene rings is 2. The molecular weight excluding hydrogens is 507 g/mol. The van der Waals surface area contributed by atoms with Gasteiger partial charge < -0.3 is 15.2 Å².